The van der Waals surface area contributed by atoms with Gasteiger partial charge in [-0.2, -0.15) is 0 Å². The van der Waals surface area contributed by atoms with E-state index in [0.717, 1.165) is 11.1 Å². The number of allylic oxidation sites excluding steroid dienone is 1. The van der Waals surface area contributed by atoms with E-state index in [1.54, 1.807) is 31.2 Å². The maximum atomic E-state index is 12.7. The molecule has 1 aliphatic heterocycles. The van der Waals surface area contributed by atoms with Gasteiger partial charge in [-0.3, -0.25) is 9.52 Å². The minimum absolute atomic E-state index is 0.0934. The molecule has 7 heteroatoms. The third-order valence-corrected chi connectivity index (χ3v) is 5.58. The van der Waals surface area contributed by atoms with Gasteiger partial charge < -0.3 is 5.32 Å². The minimum Gasteiger partial charge on any atom is -0.321 e. The minimum atomic E-state index is -3.79. The van der Waals surface area contributed by atoms with Gasteiger partial charge in [0.2, 0.25) is 0 Å². The van der Waals surface area contributed by atoms with Gasteiger partial charge in [0.25, 0.3) is 15.9 Å². The highest BCUT2D eigenvalue weighted by molar-refractivity contribution is 7.92. The molecule has 0 fully saturated rings. The molecule has 2 N–H and O–H groups in total. The Bertz CT molecular complexity index is 1020. The molecule has 1 amide bonds. The highest BCUT2D eigenvalue weighted by atomic mass is 35.5. The number of halogens is 1. The Morgan fingerprint density at radius 3 is 2.48 bits per heavy atom. The Labute approximate surface area is 151 Å². The first-order valence-electron chi connectivity index (χ1n) is 7.61. The van der Waals surface area contributed by atoms with Crippen LogP contribution in [0.2, 0.25) is 5.02 Å². The number of nitrogens with one attached hydrogen (secondary N) is 2. The summed E-state index contributed by atoms with van der Waals surface area (Å²) >= 11 is 5.91. The molecule has 1 heterocycles. The Morgan fingerprint density at radius 1 is 1.12 bits per heavy atom. The van der Waals surface area contributed by atoms with Crippen LogP contribution in [0.5, 0.6) is 0 Å². The molecule has 0 atom stereocenters. The fraction of sp³-hybridized carbons (Fsp3) is 0.167. The molecule has 0 saturated heterocycles. The molecule has 0 aliphatic carbocycles. The summed E-state index contributed by atoms with van der Waals surface area (Å²) < 4.78 is 28.0. The molecule has 0 unspecified atom stereocenters. The molecule has 25 heavy (non-hydrogen) atoms. The normalized spacial score (nSPS) is 13.4. The molecule has 0 radical (unpaired) electrons. The molecule has 0 bridgehead atoms. The van der Waals surface area contributed by atoms with Crippen molar-refractivity contribution < 1.29 is 13.2 Å². The van der Waals surface area contributed by atoms with Crippen LogP contribution in [0.15, 0.2) is 46.9 Å². The van der Waals surface area contributed by atoms with Crippen molar-refractivity contribution in [3.05, 3.63) is 58.1 Å². The molecule has 0 saturated carbocycles. The molecule has 130 valence electrons. The fourth-order valence-electron chi connectivity index (χ4n) is 2.76. The van der Waals surface area contributed by atoms with Crippen LogP contribution in [0, 0.1) is 6.92 Å². The number of carbonyl (C=O) groups is 1. The van der Waals surface area contributed by atoms with E-state index in [1.807, 2.05) is 13.8 Å². The monoisotopic (exact) mass is 376 g/mol. The van der Waals surface area contributed by atoms with Crippen molar-refractivity contribution in [2.75, 3.05) is 10.0 Å². The molecule has 2 aromatic carbocycles. The summed E-state index contributed by atoms with van der Waals surface area (Å²) in [6, 6.07) is 9.52. The van der Waals surface area contributed by atoms with E-state index in [2.05, 4.69) is 10.0 Å². The summed E-state index contributed by atoms with van der Waals surface area (Å²) in [7, 11) is -3.79. The topological polar surface area (TPSA) is 75.3 Å². The number of amides is 1. The highest BCUT2D eigenvalue weighted by Crippen LogP contribution is 2.35. The lowest BCUT2D eigenvalue weighted by Gasteiger charge is -2.12. The van der Waals surface area contributed by atoms with Gasteiger partial charge in [0, 0.05) is 21.8 Å². The van der Waals surface area contributed by atoms with Gasteiger partial charge in [0.05, 0.1) is 10.6 Å². The molecule has 0 aromatic heterocycles. The van der Waals surface area contributed by atoms with Crippen LogP contribution in [0.1, 0.15) is 25.0 Å². The van der Waals surface area contributed by atoms with Crippen molar-refractivity contribution in [1.82, 2.24) is 0 Å². The van der Waals surface area contributed by atoms with Crippen LogP contribution in [-0.4, -0.2) is 14.3 Å². The largest absolute Gasteiger partial charge is 0.321 e. The zero-order chi connectivity index (χ0) is 18.4. The second kappa shape index (κ2) is 6.20. The first-order valence-corrected chi connectivity index (χ1v) is 9.47. The smallest absolute Gasteiger partial charge is 0.261 e. The third kappa shape index (κ3) is 3.27. The second-order valence-corrected chi connectivity index (χ2v) is 8.22. The number of hydrogen-bond donors (Lipinski definition) is 2. The van der Waals surface area contributed by atoms with E-state index in [-0.39, 0.29) is 10.8 Å². The van der Waals surface area contributed by atoms with E-state index in [4.69, 9.17) is 11.6 Å². The van der Waals surface area contributed by atoms with Crippen molar-refractivity contribution >= 4 is 44.5 Å². The summed E-state index contributed by atoms with van der Waals surface area (Å²) in [5.74, 6) is -0.217. The van der Waals surface area contributed by atoms with E-state index >= 15 is 0 Å². The van der Waals surface area contributed by atoms with Gasteiger partial charge in [0.15, 0.2) is 0 Å². The van der Waals surface area contributed by atoms with E-state index < -0.39 is 10.0 Å². The molecular weight excluding hydrogens is 360 g/mol. The third-order valence-electron chi connectivity index (χ3n) is 3.98. The zero-order valence-corrected chi connectivity index (χ0v) is 15.5. The van der Waals surface area contributed by atoms with Crippen LogP contribution in [0.4, 0.5) is 11.4 Å². The number of anilines is 2. The second-order valence-electron chi connectivity index (χ2n) is 6.10. The number of aryl methyl sites for hydroxylation is 1. The maximum absolute atomic E-state index is 12.7. The van der Waals surface area contributed by atoms with Gasteiger partial charge in [-0.1, -0.05) is 17.2 Å². The molecule has 2 aromatic rings. The van der Waals surface area contributed by atoms with Crippen molar-refractivity contribution in [2.45, 2.75) is 25.7 Å². The quantitative estimate of drug-likeness (QED) is 0.788. The predicted octanol–water partition coefficient (Wildman–Crippen LogP) is 4.19. The number of hydrogen-bond acceptors (Lipinski definition) is 3. The SMILES string of the molecule is CC(C)=C1C(=O)Nc2ccc(S(=O)(=O)Nc3ccc(Cl)cc3C)cc21. The average molecular weight is 377 g/mol. The lowest BCUT2D eigenvalue weighted by atomic mass is 10.0. The van der Waals surface area contributed by atoms with Gasteiger partial charge in [0.1, 0.15) is 0 Å². The fourth-order valence-corrected chi connectivity index (χ4v) is 4.14. The van der Waals surface area contributed by atoms with Gasteiger partial charge in [-0.25, -0.2) is 8.42 Å². The predicted molar refractivity (Wildman–Crippen MR) is 100 cm³/mol. The van der Waals surface area contributed by atoms with Crippen molar-refractivity contribution in [3.63, 3.8) is 0 Å². The lowest BCUT2D eigenvalue weighted by Crippen LogP contribution is -2.14. The summed E-state index contributed by atoms with van der Waals surface area (Å²) in [6.45, 7) is 5.41. The lowest BCUT2D eigenvalue weighted by molar-refractivity contribution is -0.110. The Morgan fingerprint density at radius 2 is 1.84 bits per heavy atom. The Kier molecular flexibility index (Phi) is 4.34. The first kappa shape index (κ1) is 17.5. The maximum Gasteiger partial charge on any atom is 0.261 e. The molecule has 1 aliphatic rings. The first-order chi connectivity index (χ1) is 11.7. The summed E-state index contributed by atoms with van der Waals surface area (Å²) in [5, 5.41) is 3.28. The highest BCUT2D eigenvalue weighted by Gasteiger charge is 2.27. The average Bonchev–Trinajstić information content (AvgIpc) is 2.85. The number of benzene rings is 2. The molecule has 3 rings (SSSR count). The van der Waals surface area contributed by atoms with Crippen LogP contribution in [0.3, 0.4) is 0 Å². The van der Waals surface area contributed by atoms with Gasteiger partial charge >= 0.3 is 0 Å². The van der Waals surface area contributed by atoms with Crippen molar-refractivity contribution in [3.8, 4) is 0 Å². The zero-order valence-electron chi connectivity index (χ0n) is 14.0. The van der Waals surface area contributed by atoms with Crippen LogP contribution >= 0.6 is 11.6 Å². The number of sulfonamides is 1. The number of fused-ring (bicyclic) bond motifs is 1. The molecule has 5 nitrogen and oxygen atoms in total. The number of carbonyl (C=O) groups excluding carboxylic acids is 1. The Balaban J connectivity index is 2.02. The van der Waals surface area contributed by atoms with E-state index in [1.165, 1.54) is 12.1 Å². The van der Waals surface area contributed by atoms with Crippen molar-refractivity contribution in [1.29, 1.82) is 0 Å². The number of rotatable bonds is 3. The van der Waals surface area contributed by atoms with E-state index in [0.29, 0.717) is 27.5 Å². The van der Waals surface area contributed by atoms with Crippen LogP contribution in [0.25, 0.3) is 5.57 Å². The van der Waals surface area contributed by atoms with Crippen molar-refractivity contribution in [2.24, 2.45) is 0 Å². The summed E-state index contributed by atoms with van der Waals surface area (Å²) in [4.78, 5) is 12.1. The van der Waals surface area contributed by atoms with Gasteiger partial charge in [-0.05, 0) is 62.7 Å². The molecule has 0 spiro atoms. The standard InChI is InChI=1S/C18H17ClN2O3S/c1-10(2)17-14-9-13(5-7-16(14)20-18(17)22)25(23,24)21-15-6-4-12(19)8-11(15)3/h4-9,21H,1-3H3,(H,20,22). The van der Waals surface area contributed by atoms with E-state index in [9.17, 15) is 13.2 Å². The Hall–Kier alpha value is -2.31. The van der Waals surface area contributed by atoms with Crippen LogP contribution < -0.4 is 10.0 Å². The molecular formula is C18H17ClN2O3S. The van der Waals surface area contributed by atoms with Gasteiger partial charge in [-0.15, -0.1) is 0 Å². The summed E-state index contributed by atoms with van der Waals surface area (Å²) in [6.07, 6.45) is 0. The summed E-state index contributed by atoms with van der Waals surface area (Å²) in [5.41, 5.74) is 3.73. The van der Waals surface area contributed by atoms with Crippen LogP contribution in [-0.2, 0) is 14.8 Å².